The second kappa shape index (κ2) is 6.75. The van der Waals surface area contributed by atoms with Gasteiger partial charge in [0.1, 0.15) is 17.5 Å². The number of carbonyl (C=O) groups excluding carboxylic acids is 1. The zero-order valence-electron chi connectivity index (χ0n) is 10.3. The molecule has 0 aliphatic heterocycles. The quantitative estimate of drug-likeness (QED) is 0.817. The van der Waals surface area contributed by atoms with Gasteiger partial charge in [0.05, 0.1) is 13.0 Å². The molecular formula is C12H13F2N3O2. The van der Waals surface area contributed by atoms with Crippen LogP contribution in [-0.4, -0.2) is 17.6 Å². The molecule has 0 aliphatic carbocycles. The minimum atomic E-state index is -2.82. The fourth-order valence-corrected chi connectivity index (χ4v) is 1.57. The van der Waals surface area contributed by atoms with Crippen LogP contribution in [0.4, 0.5) is 8.78 Å². The van der Waals surface area contributed by atoms with Crippen LogP contribution in [0.15, 0.2) is 6.07 Å². The maximum absolute atomic E-state index is 12.7. The Morgan fingerprint density at radius 2 is 2.26 bits per heavy atom. The number of pyridine rings is 1. The van der Waals surface area contributed by atoms with Gasteiger partial charge in [-0.15, -0.1) is 0 Å². The van der Waals surface area contributed by atoms with Crippen molar-refractivity contribution >= 4 is 5.97 Å². The molecule has 0 fully saturated rings. The fraction of sp³-hybridized carbons (Fsp3) is 0.417. The third-order valence-electron chi connectivity index (χ3n) is 2.39. The molecule has 0 radical (unpaired) electrons. The van der Waals surface area contributed by atoms with Crippen molar-refractivity contribution in [3.63, 3.8) is 0 Å². The van der Waals surface area contributed by atoms with Crippen molar-refractivity contribution < 1.29 is 18.3 Å². The van der Waals surface area contributed by atoms with Crippen LogP contribution in [0, 0.1) is 11.3 Å². The minimum absolute atomic E-state index is 0.119. The number of aromatic nitrogens is 1. The molecule has 1 rings (SSSR count). The van der Waals surface area contributed by atoms with E-state index in [1.807, 2.05) is 0 Å². The number of nitrogens with two attached hydrogens (primary N) is 1. The maximum Gasteiger partial charge on any atom is 0.310 e. The minimum Gasteiger partial charge on any atom is -0.466 e. The molecule has 7 heteroatoms. The highest BCUT2D eigenvalue weighted by molar-refractivity contribution is 5.73. The first-order valence-corrected chi connectivity index (χ1v) is 5.60. The van der Waals surface area contributed by atoms with Crippen LogP contribution in [0.2, 0.25) is 0 Å². The number of nitriles is 1. The van der Waals surface area contributed by atoms with Crippen LogP contribution in [0.5, 0.6) is 0 Å². The predicted octanol–water partition coefficient (Wildman–Crippen LogP) is 1.46. The van der Waals surface area contributed by atoms with E-state index in [-0.39, 0.29) is 36.4 Å². The second-order valence-corrected chi connectivity index (χ2v) is 3.64. The van der Waals surface area contributed by atoms with Crippen molar-refractivity contribution in [1.82, 2.24) is 4.98 Å². The number of ether oxygens (including phenoxy) is 1. The average molecular weight is 269 g/mol. The van der Waals surface area contributed by atoms with E-state index < -0.39 is 18.1 Å². The van der Waals surface area contributed by atoms with Crippen LogP contribution in [0.3, 0.4) is 0 Å². The molecule has 1 aromatic rings. The van der Waals surface area contributed by atoms with Gasteiger partial charge in [0, 0.05) is 12.1 Å². The highest BCUT2D eigenvalue weighted by atomic mass is 19.3. The summed E-state index contributed by atoms with van der Waals surface area (Å²) < 4.78 is 30.2. The van der Waals surface area contributed by atoms with Gasteiger partial charge in [-0.05, 0) is 18.6 Å². The van der Waals surface area contributed by atoms with Crippen molar-refractivity contribution in [3.05, 3.63) is 28.6 Å². The van der Waals surface area contributed by atoms with E-state index in [9.17, 15) is 13.6 Å². The summed E-state index contributed by atoms with van der Waals surface area (Å²) in [6, 6.07) is 3.01. The number of alkyl halides is 2. The number of esters is 1. The number of hydrogen-bond acceptors (Lipinski definition) is 5. The van der Waals surface area contributed by atoms with E-state index >= 15 is 0 Å². The molecule has 5 nitrogen and oxygen atoms in total. The van der Waals surface area contributed by atoms with Crippen molar-refractivity contribution in [1.29, 1.82) is 5.26 Å². The predicted molar refractivity (Wildman–Crippen MR) is 62.1 cm³/mol. The number of halogens is 2. The van der Waals surface area contributed by atoms with E-state index in [0.717, 1.165) is 0 Å². The van der Waals surface area contributed by atoms with E-state index in [0.29, 0.717) is 0 Å². The fourth-order valence-electron chi connectivity index (χ4n) is 1.57. The standard InChI is InChI=1S/C12H13F2N3O2/c1-2-19-10(18)4-7-3-8(5-15)11(12(13)14)17-9(7)6-16/h3,12H,2,4-5,15H2,1H3. The molecule has 0 saturated carbocycles. The van der Waals surface area contributed by atoms with Gasteiger partial charge < -0.3 is 10.5 Å². The molecule has 0 saturated heterocycles. The third kappa shape index (κ3) is 3.69. The first-order valence-electron chi connectivity index (χ1n) is 5.60. The van der Waals surface area contributed by atoms with Gasteiger partial charge in [-0.1, -0.05) is 0 Å². The van der Waals surface area contributed by atoms with Gasteiger partial charge in [0.2, 0.25) is 0 Å². The molecule has 0 spiro atoms. The van der Waals surface area contributed by atoms with Crippen LogP contribution < -0.4 is 5.73 Å². The summed E-state index contributed by atoms with van der Waals surface area (Å²) >= 11 is 0. The number of rotatable bonds is 5. The lowest BCUT2D eigenvalue weighted by Gasteiger charge is -2.10. The van der Waals surface area contributed by atoms with Gasteiger partial charge in [-0.2, -0.15) is 5.26 Å². The molecule has 1 aromatic heterocycles. The summed E-state index contributed by atoms with van der Waals surface area (Å²) in [6.07, 6.45) is -3.01. The maximum atomic E-state index is 12.7. The van der Waals surface area contributed by atoms with Gasteiger partial charge in [0.15, 0.2) is 0 Å². The third-order valence-corrected chi connectivity index (χ3v) is 2.39. The van der Waals surface area contributed by atoms with Crippen molar-refractivity contribution in [2.75, 3.05) is 6.61 Å². The molecule has 19 heavy (non-hydrogen) atoms. The lowest BCUT2D eigenvalue weighted by atomic mass is 10.0. The normalized spacial score (nSPS) is 10.3. The smallest absolute Gasteiger partial charge is 0.310 e. The molecule has 1 heterocycles. The summed E-state index contributed by atoms with van der Waals surface area (Å²) in [5.74, 6) is -0.548. The van der Waals surface area contributed by atoms with Gasteiger partial charge >= 0.3 is 5.97 Å². The largest absolute Gasteiger partial charge is 0.466 e. The lowest BCUT2D eigenvalue weighted by Crippen LogP contribution is -2.13. The Kier molecular flexibility index (Phi) is 5.33. The average Bonchev–Trinajstić information content (AvgIpc) is 2.38. The summed E-state index contributed by atoms with van der Waals surface area (Å²) in [5, 5.41) is 8.89. The van der Waals surface area contributed by atoms with Crippen LogP contribution in [0.25, 0.3) is 0 Å². The highest BCUT2D eigenvalue weighted by Gasteiger charge is 2.19. The van der Waals surface area contributed by atoms with E-state index in [1.165, 1.54) is 6.07 Å². The van der Waals surface area contributed by atoms with Gasteiger partial charge in [-0.25, -0.2) is 13.8 Å². The van der Waals surface area contributed by atoms with E-state index in [1.54, 1.807) is 13.0 Å². The molecule has 2 N–H and O–H groups in total. The zero-order valence-corrected chi connectivity index (χ0v) is 10.3. The van der Waals surface area contributed by atoms with Gasteiger partial charge in [0.25, 0.3) is 6.43 Å². The molecule has 0 unspecified atom stereocenters. The Morgan fingerprint density at radius 3 is 2.74 bits per heavy atom. The zero-order chi connectivity index (χ0) is 14.4. The summed E-state index contributed by atoms with van der Waals surface area (Å²) in [6.45, 7) is 1.70. The topological polar surface area (TPSA) is 89.0 Å². The Balaban J connectivity index is 3.18. The van der Waals surface area contributed by atoms with Crippen molar-refractivity contribution in [2.45, 2.75) is 26.3 Å². The Bertz CT molecular complexity index is 512. The Labute approximate surface area is 109 Å². The summed E-state index contributed by atoms with van der Waals surface area (Å²) in [4.78, 5) is 14.9. The lowest BCUT2D eigenvalue weighted by molar-refractivity contribution is -0.142. The molecule has 0 bridgehead atoms. The molecule has 0 amide bonds. The Hall–Kier alpha value is -2.07. The molecule has 0 aliphatic rings. The summed E-state index contributed by atoms with van der Waals surface area (Å²) in [5.41, 5.74) is 5.00. The first-order chi connectivity index (χ1) is 9.03. The summed E-state index contributed by atoms with van der Waals surface area (Å²) in [7, 11) is 0. The van der Waals surface area contributed by atoms with Crippen molar-refractivity contribution in [2.24, 2.45) is 5.73 Å². The van der Waals surface area contributed by atoms with Crippen LogP contribution in [-0.2, 0) is 22.5 Å². The van der Waals surface area contributed by atoms with Crippen molar-refractivity contribution in [3.8, 4) is 6.07 Å². The van der Waals surface area contributed by atoms with E-state index in [2.05, 4.69) is 4.98 Å². The highest BCUT2D eigenvalue weighted by Crippen LogP contribution is 2.23. The number of nitrogens with zero attached hydrogens (tertiary/aromatic N) is 2. The van der Waals surface area contributed by atoms with Gasteiger partial charge in [-0.3, -0.25) is 4.79 Å². The van der Waals surface area contributed by atoms with Crippen LogP contribution >= 0.6 is 0 Å². The molecule has 0 aromatic carbocycles. The molecular weight excluding hydrogens is 256 g/mol. The molecule has 102 valence electrons. The first kappa shape index (κ1) is 15.0. The monoisotopic (exact) mass is 269 g/mol. The van der Waals surface area contributed by atoms with Crippen LogP contribution in [0.1, 0.15) is 35.9 Å². The molecule has 0 atom stereocenters. The number of hydrogen-bond donors (Lipinski definition) is 1. The second-order valence-electron chi connectivity index (χ2n) is 3.64. The number of carbonyl (C=O) groups is 1. The van der Waals surface area contributed by atoms with E-state index in [4.69, 9.17) is 15.7 Å². The SMILES string of the molecule is CCOC(=O)Cc1cc(CN)c(C(F)F)nc1C#N. The Morgan fingerprint density at radius 1 is 1.58 bits per heavy atom.